The molecular formula is C32H50BN5O4. The second kappa shape index (κ2) is 13.2. The van der Waals surface area contributed by atoms with Gasteiger partial charge in [-0.2, -0.15) is 0 Å². The molecule has 230 valence electrons. The predicted molar refractivity (Wildman–Crippen MR) is 168 cm³/mol. The first-order chi connectivity index (χ1) is 19.8. The van der Waals surface area contributed by atoms with Crippen LogP contribution in [0.3, 0.4) is 0 Å². The number of guanidine groups is 1. The van der Waals surface area contributed by atoms with Gasteiger partial charge in [0, 0.05) is 19.7 Å². The van der Waals surface area contributed by atoms with Crippen LogP contribution in [0.2, 0.25) is 0 Å². The fourth-order valence-electron chi connectivity index (χ4n) is 7.04. The summed E-state index contributed by atoms with van der Waals surface area (Å²) in [5.74, 6) is 0.837. The topological polar surface area (TPSA) is 127 Å². The van der Waals surface area contributed by atoms with Crippen LogP contribution in [0, 0.1) is 30.1 Å². The van der Waals surface area contributed by atoms with E-state index in [1.165, 1.54) is 12.5 Å². The molecule has 3 aliphatic carbocycles. The summed E-state index contributed by atoms with van der Waals surface area (Å²) in [6.07, 6.45) is 7.16. The van der Waals surface area contributed by atoms with E-state index in [4.69, 9.17) is 15.0 Å². The number of aliphatic imine (C=N–C) groups is 1. The molecule has 9 nitrogen and oxygen atoms in total. The van der Waals surface area contributed by atoms with Crippen LogP contribution < -0.4 is 21.7 Å². The van der Waals surface area contributed by atoms with Crippen molar-refractivity contribution in [1.82, 2.24) is 16.0 Å². The molecule has 4 aliphatic rings. The summed E-state index contributed by atoms with van der Waals surface area (Å²) in [5.41, 5.74) is 7.70. The highest BCUT2D eigenvalue weighted by Crippen LogP contribution is 2.65. The van der Waals surface area contributed by atoms with Crippen LogP contribution in [0.15, 0.2) is 35.3 Å². The average Bonchev–Trinajstić information content (AvgIpc) is 3.30. The summed E-state index contributed by atoms with van der Waals surface area (Å²) in [6, 6.07) is 7.16. The van der Waals surface area contributed by atoms with Crippen LogP contribution >= 0.6 is 0 Å². The molecule has 0 aromatic heterocycles. The van der Waals surface area contributed by atoms with Crippen molar-refractivity contribution in [3.63, 3.8) is 0 Å². The molecule has 4 fully saturated rings. The first-order valence-electron chi connectivity index (χ1n) is 15.5. The van der Waals surface area contributed by atoms with Crippen LogP contribution in [0.25, 0.3) is 6.08 Å². The fraction of sp³-hybridized carbons (Fsp3) is 0.656. The molecule has 1 heterocycles. The van der Waals surface area contributed by atoms with Crippen molar-refractivity contribution < 1.29 is 18.9 Å². The SMILES string of the molecule is CN=C(N)NCCC[C@H](NC(=O)/C=C/c1ccc(C)cc1)C(=O)N[C@@H](CC(C)C)B1O[C@@H]2C[C@@H]3C[C@@H](C3(C)C)[C@]2(C)O1. The Bertz CT molecular complexity index is 1170. The third-order valence-electron chi connectivity index (χ3n) is 9.70. The normalized spacial score (nSPS) is 27.8. The number of amides is 2. The van der Waals surface area contributed by atoms with Crippen molar-refractivity contribution in [2.24, 2.45) is 33.9 Å². The van der Waals surface area contributed by atoms with Gasteiger partial charge in [-0.3, -0.25) is 14.6 Å². The minimum absolute atomic E-state index is 0.0324. The largest absolute Gasteiger partial charge is 0.481 e. The molecule has 5 rings (SSSR count). The number of carbonyl (C=O) groups excluding carboxylic acids is 2. The van der Waals surface area contributed by atoms with E-state index in [0.29, 0.717) is 49.5 Å². The fourth-order valence-corrected chi connectivity index (χ4v) is 7.04. The van der Waals surface area contributed by atoms with Gasteiger partial charge in [0.1, 0.15) is 6.04 Å². The predicted octanol–water partition coefficient (Wildman–Crippen LogP) is 3.61. The molecule has 1 aliphatic heterocycles. The molecule has 2 bridgehead atoms. The van der Waals surface area contributed by atoms with E-state index in [2.05, 4.69) is 55.6 Å². The van der Waals surface area contributed by atoms with Gasteiger partial charge in [-0.25, -0.2) is 0 Å². The van der Waals surface area contributed by atoms with Crippen LogP contribution in [0.1, 0.15) is 77.8 Å². The minimum atomic E-state index is -0.734. The van der Waals surface area contributed by atoms with E-state index in [1.807, 2.05) is 31.2 Å². The van der Waals surface area contributed by atoms with Gasteiger partial charge in [0.25, 0.3) is 0 Å². The Hall–Kier alpha value is -2.85. The molecule has 1 aromatic rings. The molecule has 1 aromatic carbocycles. The lowest BCUT2D eigenvalue weighted by Crippen LogP contribution is -2.65. The molecule has 42 heavy (non-hydrogen) atoms. The maximum absolute atomic E-state index is 13.8. The monoisotopic (exact) mass is 579 g/mol. The van der Waals surface area contributed by atoms with Crippen molar-refractivity contribution in [1.29, 1.82) is 0 Å². The molecule has 5 N–H and O–H groups in total. The van der Waals surface area contributed by atoms with Gasteiger partial charge in [0.15, 0.2) is 5.96 Å². The molecule has 0 radical (unpaired) electrons. The maximum Gasteiger partial charge on any atom is 0.481 e. The highest BCUT2D eigenvalue weighted by atomic mass is 16.7. The van der Waals surface area contributed by atoms with Gasteiger partial charge in [-0.1, -0.05) is 57.5 Å². The summed E-state index contributed by atoms with van der Waals surface area (Å²) in [5, 5.41) is 9.16. The summed E-state index contributed by atoms with van der Waals surface area (Å²) in [6.45, 7) is 13.7. The van der Waals surface area contributed by atoms with Gasteiger partial charge in [0.05, 0.1) is 17.6 Å². The second-order valence-corrected chi connectivity index (χ2v) is 13.6. The Balaban J connectivity index is 1.44. The third kappa shape index (κ3) is 7.20. The van der Waals surface area contributed by atoms with E-state index in [0.717, 1.165) is 17.5 Å². The van der Waals surface area contributed by atoms with Crippen LogP contribution in [0.4, 0.5) is 0 Å². The summed E-state index contributed by atoms with van der Waals surface area (Å²) in [7, 11) is 1.09. The highest BCUT2D eigenvalue weighted by Gasteiger charge is 2.68. The van der Waals surface area contributed by atoms with Gasteiger partial charge >= 0.3 is 7.12 Å². The summed E-state index contributed by atoms with van der Waals surface area (Å²) >= 11 is 0. The Morgan fingerprint density at radius 1 is 1.17 bits per heavy atom. The smallest absolute Gasteiger partial charge is 0.404 e. The zero-order valence-electron chi connectivity index (χ0n) is 26.4. The van der Waals surface area contributed by atoms with Gasteiger partial charge < -0.3 is 31.0 Å². The number of rotatable bonds is 12. The molecule has 0 unspecified atom stereocenters. The van der Waals surface area contributed by atoms with Crippen molar-refractivity contribution in [3.05, 3.63) is 41.5 Å². The number of nitrogens with one attached hydrogen (secondary N) is 3. The lowest BCUT2D eigenvalue weighted by atomic mass is 9.43. The van der Waals surface area contributed by atoms with Crippen molar-refractivity contribution in [2.75, 3.05) is 13.6 Å². The lowest BCUT2D eigenvalue weighted by Gasteiger charge is -2.64. The average molecular weight is 580 g/mol. The van der Waals surface area contributed by atoms with Gasteiger partial charge in [-0.05, 0) is 80.8 Å². The zero-order valence-corrected chi connectivity index (χ0v) is 26.4. The van der Waals surface area contributed by atoms with E-state index < -0.39 is 13.2 Å². The quantitative estimate of drug-likeness (QED) is 0.0986. The van der Waals surface area contributed by atoms with Crippen molar-refractivity contribution in [2.45, 2.75) is 97.3 Å². The van der Waals surface area contributed by atoms with Crippen LogP contribution in [-0.2, 0) is 18.9 Å². The van der Waals surface area contributed by atoms with Gasteiger partial charge in [-0.15, -0.1) is 0 Å². The van der Waals surface area contributed by atoms with Gasteiger partial charge in [0.2, 0.25) is 11.8 Å². The van der Waals surface area contributed by atoms with Crippen molar-refractivity contribution >= 4 is 31.0 Å². The lowest BCUT2D eigenvalue weighted by molar-refractivity contribution is -0.199. The third-order valence-corrected chi connectivity index (χ3v) is 9.70. The highest BCUT2D eigenvalue weighted by molar-refractivity contribution is 6.48. The Labute approximate surface area is 252 Å². The van der Waals surface area contributed by atoms with E-state index >= 15 is 0 Å². The number of nitrogens with two attached hydrogens (primary N) is 1. The summed E-state index contributed by atoms with van der Waals surface area (Å²) < 4.78 is 13.3. The first kappa shape index (κ1) is 32.1. The Morgan fingerprint density at radius 2 is 1.88 bits per heavy atom. The standard InChI is InChI=1S/C32H50BN5O4/c1-20(2)17-27(33-41-26-19-23-18-25(31(23,4)5)32(26,6)42-33)38-29(40)24(9-8-16-36-30(34)35-7)37-28(39)15-14-22-12-10-21(3)11-13-22/h10-15,20,23-27H,8-9,16-19H2,1-7H3,(H,37,39)(H,38,40)(H3,34,35,36)/b15-14+/t23-,24-,25-,26+,27-,32-/m0/s1. The zero-order chi connectivity index (χ0) is 30.7. The minimum Gasteiger partial charge on any atom is -0.404 e. The van der Waals surface area contributed by atoms with E-state index in [9.17, 15) is 9.59 Å². The Kier molecular flexibility index (Phi) is 10.1. The molecule has 1 saturated heterocycles. The number of carbonyl (C=O) groups is 2. The molecule has 10 heteroatoms. The molecular weight excluding hydrogens is 529 g/mol. The van der Waals surface area contributed by atoms with Crippen LogP contribution in [0.5, 0.6) is 0 Å². The number of benzene rings is 1. The molecule has 3 saturated carbocycles. The number of hydrogen-bond acceptors (Lipinski definition) is 5. The Morgan fingerprint density at radius 3 is 2.52 bits per heavy atom. The molecule has 2 amide bonds. The van der Waals surface area contributed by atoms with Crippen molar-refractivity contribution in [3.8, 4) is 0 Å². The molecule has 0 spiro atoms. The van der Waals surface area contributed by atoms with E-state index in [1.54, 1.807) is 13.1 Å². The van der Waals surface area contributed by atoms with Crippen LogP contribution in [-0.4, -0.2) is 62.2 Å². The second-order valence-electron chi connectivity index (χ2n) is 13.6. The number of nitrogens with zero attached hydrogens (tertiary/aromatic N) is 1. The first-order valence-corrected chi connectivity index (χ1v) is 15.5. The summed E-state index contributed by atoms with van der Waals surface area (Å²) in [4.78, 5) is 30.6. The number of aryl methyl sites for hydroxylation is 1. The number of hydrogen-bond donors (Lipinski definition) is 4. The van der Waals surface area contributed by atoms with E-state index in [-0.39, 0.29) is 34.9 Å². The molecule has 6 atom stereocenters. The maximum atomic E-state index is 13.8.